The number of ether oxygens (including phenoxy) is 1. The van der Waals surface area contributed by atoms with E-state index in [1.54, 1.807) is 0 Å². The molecule has 1 aromatic rings. The first-order chi connectivity index (χ1) is 9.33. The zero-order valence-corrected chi connectivity index (χ0v) is 11.4. The van der Waals surface area contributed by atoms with E-state index < -0.39 is 0 Å². The lowest BCUT2D eigenvalue weighted by molar-refractivity contribution is 0.0773. The highest BCUT2D eigenvalue weighted by Gasteiger charge is 2.20. The molecule has 3 N–H and O–H groups in total. The zero-order chi connectivity index (χ0) is 13.5. The number of aliphatic hydroxyl groups excluding tert-OH is 1. The lowest BCUT2D eigenvalue weighted by Gasteiger charge is -2.34. The lowest BCUT2D eigenvalue weighted by atomic mass is 10.0. The van der Waals surface area contributed by atoms with Gasteiger partial charge in [0, 0.05) is 19.1 Å². The Labute approximate surface area is 115 Å². The molecule has 0 saturated carbocycles. The third-order valence-corrected chi connectivity index (χ3v) is 3.74. The van der Waals surface area contributed by atoms with Gasteiger partial charge in [0.05, 0.1) is 6.61 Å². The van der Waals surface area contributed by atoms with Crippen LogP contribution in [0.1, 0.15) is 24.8 Å². The molecule has 1 saturated heterocycles. The Bertz CT molecular complexity index is 384. The minimum Gasteiger partial charge on any atom is -0.492 e. The van der Waals surface area contributed by atoms with Gasteiger partial charge < -0.3 is 15.6 Å². The summed E-state index contributed by atoms with van der Waals surface area (Å²) in [6.45, 7) is 3.39. The van der Waals surface area contributed by atoms with Crippen molar-refractivity contribution in [3.8, 4) is 5.75 Å². The first-order valence-corrected chi connectivity index (χ1v) is 7.10. The summed E-state index contributed by atoms with van der Waals surface area (Å²) in [4.78, 5) is 2.33. The van der Waals surface area contributed by atoms with Gasteiger partial charge in [0.1, 0.15) is 12.4 Å². The fourth-order valence-electron chi connectivity index (χ4n) is 2.60. The van der Waals surface area contributed by atoms with Gasteiger partial charge in [-0.1, -0.05) is 18.6 Å². The molecule has 0 bridgehead atoms. The maximum Gasteiger partial charge on any atom is 0.119 e. The Morgan fingerprint density at radius 2 is 2.26 bits per heavy atom. The molecule has 0 amide bonds. The van der Waals surface area contributed by atoms with Crippen molar-refractivity contribution in [2.24, 2.45) is 5.73 Å². The van der Waals surface area contributed by atoms with E-state index in [-0.39, 0.29) is 6.61 Å². The lowest BCUT2D eigenvalue weighted by Crippen LogP contribution is -2.43. The number of hydrogen-bond donors (Lipinski definition) is 2. The van der Waals surface area contributed by atoms with Gasteiger partial charge >= 0.3 is 0 Å². The molecule has 1 heterocycles. The largest absolute Gasteiger partial charge is 0.492 e. The van der Waals surface area contributed by atoms with E-state index in [9.17, 15) is 5.11 Å². The molecule has 4 nitrogen and oxygen atoms in total. The van der Waals surface area contributed by atoms with Gasteiger partial charge in [-0.25, -0.2) is 0 Å². The average molecular weight is 264 g/mol. The van der Waals surface area contributed by atoms with Crippen molar-refractivity contribution < 1.29 is 9.84 Å². The molecule has 0 radical (unpaired) electrons. The summed E-state index contributed by atoms with van der Waals surface area (Å²) in [5.41, 5.74) is 6.70. The molecule has 19 heavy (non-hydrogen) atoms. The van der Waals surface area contributed by atoms with Gasteiger partial charge in [-0.05, 0) is 37.1 Å². The molecule has 1 aliphatic heterocycles. The van der Waals surface area contributed by atoms with Crippen LogP contribution in [0.25, 0.3) is 0 Å². The molecule has 2 rings (SSSR count). The van der Waals surface area contributed by atoms with Crippen LogP contribution in [0.5, 0.6) is 5.75 Å². The summed E-state index contributed by atoms with van der Waals surface area (Å²) in [5.74, 6) is 0.875. The minimum atomic E-state index is 0.253. The minimum absolute atomic E-state index is 0.253. The molecular formula is C15H24N2O2. The predicted molar refractivity (Wildman–Crippen MR) is 76.1 cm³/mol. The van der Waals surface area contributed by atoms with Crippen molar-refractivity contribution in [2.45, 2.75) is 31.8 Å². The van der Waals surface area contributed by atoms with Gasteiger partial charge in [0.15, 0.2) is 0 Å². The molecule has 1 fully saturated rings. The van der Waals surface area contributed by atoms with E-state index in [1.165, 1.54) is 12.8 Å². The normalized spacial score (nSPS) is 20.4. The fraction of sp³-hybridized carbons (Fsp3) is 0.600. The highest BCUT2D eigenvalue weighted by Crippen LogP contribution is 2.17. The quantitative estimate of drug-likeness (QED) is 0.815. The molecule has 0 aliphatic carbocycles. The van der Waals surface area contributed by atoms with E-state index in [2.05, 4.69) is 4.90 Å². The molecular weight excluding hydrogens is 240 g/mol. The standard InChI is InChI=1S/C15H24N2O2/c16-11-13-4-3-6-15(10-13)19-9-8-17-7-2-1-5-14(17)12-18/h3-4,6,10,14,18H,1-2,5,7-9,11-12,16H2. The Hall–Kier alpha value is -1.10. The number of piperidine rings is 1. The molecule has 106 valence electrons. The van der Waals surface area contributed by atoms with Crippen LogP contribution in [0.3, 0.4) is 0 Å². The Balaban J connectivity index is 1.78. The summed E-state index contributed by atoms with van der Waals surface area (Å²) in [6.07, 6.45) is 3.54. The molecule has 1 atom stereocenters. The monoisotopic (exact) mass is 264 g/mol. The highest BCUT2D eigenvalue weighted by molar-refractivity contribution is 5.28. The molecule has 0 spiro atoms. The number of nitrogens with zero attached hydrogens (tertiary/aromatic N) is 1. The van der Waals surface area contributed by atoms with Crippen LogP contribution < -0.4 is 10.5 Å². The summed E-state index contributed by atoms with van der Waals surface area (Å²) in [7, 11) is 0. The Morgan fingerprint density at radius 3 is 3.05 bits per heavy atom. The van der Waals surface area contributed by atoms with Crippen LogP contribution in [0.2, 0.25) is 0 Å². The number of likely N-dealkylation sites (tertiary alicyclic amines) is 1. The summed E-state index contributed by atoms with van der Waals surface area (Å²) < 4.78 is 5.77. The second-order valence-corrected chi connectivity index (χ2v) is 5.07. The van der Waals surface area contributed by atoms with Crippen molar-refractivity contribution in [3.63, 3.8) is 0 Å². The number of benzene rings is 1. The van der Waals surface area contributed by atoms with Crippen LogP contribution in [0.15, 0.2) is 24.3 Å². The molecule has 1 aromatic carbocycles. The fourth-order valence-corrected chi connectivity index (χ4v) is 2.60. The van der Waals surface area contributed by atoms with Gasteiger partial charge in [-0.2, -0.15) is 0 Å². The number of aliphatic hydroxyl groups is 1. The van der Waals surface area contributed by atoms with E-state index in [1.807, 2.05) is 24.3 Å². The van der Waals surface area contributed by atoms with Gasteiger partial charge in [-0.15, -0.1) is 0 Å². The predicted octanol–water partition coefficient (Wildman–Crippen LogP) is 1.37. The van der Waals surface area contributed by atoms with Crippen molar-refractivity contribution in [1.82, 2.24) is 4.90 Å². The summed E-state index contributed by atoms with van der Waals surface area (Å²) >= 11 is 0. The highest BCUT2D eigenvalue weighted by atomic mass is 16.5. The van der Waals surface area contributed by atoms with Crippen LogP contribution in [-0.2, 0) is 6.54 Å². The van der Waals surface area contributed by atoms with E-state index in [0.717, 1.165) is 30.8 Å². The molecule has 1 unspecified atom stereocenters. The van der Waals surface area contributed by atoms with Gasteiger partial charge in [-0.3, -0.25) is 4.90 Å². The van der Waals surface area contributed by atoms with E-state index in [4.69, 9.17) is 10.5 Å². The van der Waals surface area contributed by atoms with Crippen LogP contribution in [0.4, 0.5) is 0 Å². The Morgan fingerprint density at radius 1 is 1.37 bits per heavy atom. The average Bonchev–Trinajstić information content (AvgIpc) is 2.48. The summed E-state index contributed by atoms with van der Waals surface area (Å²) in [6, 6.07) is 8.22. The van der Waals surface area contributed by atoms with Crippen molar-refractivity contribution in [2.75, 3.05) is 26.3 Å². The number of rotatable bonds is 6. The third-order valence-electron chi connectivity index (χ3n) is 3.74. The Kier molecular flexibility index (Phi) is 5.63. The first kappa shape index (κ1) is 14.3. The van der Waals surface area contributed by atoms with Crippen LogP contribution in [0, 0.1) is 0 Å². The first-order valence-electron chi connectivity index (χ1n) is 7.10. The van der Waals surface area contributed by atoms with Crippen LogP contribution in [-0.4, -0.2) is 42.4 Å². The molecule has 4 heteroatoms. The van der Waals surface area contributed by atoms with E-state index in [0.29, 0.717) is 19.2 Å². The number of hydrogen-bond acceptors (Lipinski definition) is 4. The van der Waals surface area contributed by atoms with Crippen molar-refractivity contribution >= 4 is 0 Å². The van der Waals surface area contributed by atoms with Gasteiger partial charge in [0.2, 0.25) is 0 Å². The second kappa shape index (κ2) is 7.48. The van der Waals surface area contributed by atoms with Crippen molar-refractivity contribution in [1.29, 1.82) is 0 Å². The maximum atomic E-state index is 9.35. The SMILES string of the molecule is NCc1cccc(OCCN2CCCCC2CO)c1. The smallest absolute Gasteiger partial charge is 0.119 e. The maximum absolute atomic E-state index is 9.35. The second-order valence-electron chi connectivity index (χ2n) is 5.07. The third kappa shape index (κ3) is 4.20. The van der Waals surface area contributed by atoms with E-state index >= 15 is 0 Å². The summed E-state index contributed by atoms with van der Waals surface area (Å²) in [5, 5.41) is 9.35. The van der Waals surface area contributed by atoms with Crippen molar-refractivity contribution in [3.05, 3.63) is 29.8 Å². The topological polar surface area (TPSA) is 58.7 Å². The van der Waals surface area contributed by atoms with Crippen LogP contribution >= 0.6 is 0 Å². The molecule has 1 aliphatic rings. The number of nitrogens with two attached hydrogens (primary N) is 1. The van der Waals surface area contributed by atoms with Gasteiger partial charge in [0.25, 0.3) is 0 Å². The zero-order valence-electron chi connectivity index (χ0n) is 11.4. The molecule has 0 aromatic heterocycles.